The lowest BCUT2D eigenvalue weighted by molar-refractivity contribution is -0.402. The van der Waals surface area contributed by atoms with Gasteiger partial charge in [-0.25, -0.2) is 0 Å². The Balaban J connectivity index is 1.47. The zero-order chi connectivity index (χ0) is 20.2. The first-order valence-electron chi connectivity index (χ1n) is 9.36. The van der Waals surface area contributed by atoms with Crippen molar-refractivity contribution in [2.45, 2.75) is 32.2 Å². The number of furan rings is 1. The van der Waals surface area contributed by atoms with Crippen molar-refractivity contribution in [3.05, 3.63) is 64.2 Å². The molecule has 0 atom stereocenters. The number of carbonyl (C=O) groups excluding carboxylic acids is 1. The lowest BCUT2D eigenvalue weighted by atomic mass is 10.2. The molecule has 1 aliphatic heterocycles. The molecule has 0 bridgehead atoms. The van der Waals surface area contributed by atoms with Crippen molar-refractivity contribution >= 4 is 23.6 Å². The van der Waals surface area contributed by atoms with E-state index in [9.17, 15) is 14.9 Å². The monoisotopic (exact) mass is 393 g/mol. The van der Waals surface area contributed by atoms with Crippen molar-refractivity contribution in [2.75, 3.05) is 5.32 Å². The molecule has 0 spiro atoms. The average Bonchev–Trinajstić information content (AvgIpc) is 3.28. The Bertz CT molecular complexity index is 1080. The van der Waals surface area contributed by atoms with E-state index in [0.717, 1.165) is 43.0 Å². The van der Waals surface area contributed by atoms with Crippen molar-refractivity contribution in [3.63, 3.8) is 0 Å². The lowest BCUT2D eigenvalue weighted by Crippen LogP contribution is -2.08. The molecule has 0 aliphatic carbocycles. The summed E-state index contributed by atoms with van der Waals surface area (Å²) in [4.78, 5) is 22.2. The smallest absolute Gasteiger partial charge is 0.401 e. The van der Waals surface area contributed by atoms with Gasteiger partial charge in [0.2, 0.25) is 5.91 Å². The van der Waals surface area contributed by atoms with Crippen LogP contribution < -0.4 is 5.32 Å². The Morgan fingerprint density at radius 2 is 2.10 bits per heavy atom. The fraction of sp³-hybridized carbons (Fsp3) is 0.250. The lowest BCUT2D eigenvalue weighted by Gasteiger charge is -2.08. The molecule has 1 aliphatic rings. The fourth-order valence-electron chi connectivity index (χ4n) is 3.31. The number of nitrogens with one attached hydrogen (secondary N) is 1. The SMILES string of the molecule is O=C(/C=C/c1ccc([N+](=O)[O-])o1)Nc1cccc(-c2nnc3n2CCCCC3)c1. The van der Waals surface area contributed by atoms with Gasteiger partial charge in [0, 0.05) is 30.3 Å². The maximum absolute atomic E-state index is 12.2. The van der Waals surface area contributed by atoms with Crippen molar-refractivity contribution < 1.29 is 14.1 Å². The number of anilines is 1. The fourth-order valence-corrected chi connectivity index (χ4v) is 3.31. The van der Waals surface area contributed by atoms with E-state index in [0.29, 0.717) is 5.69 Å². The molecule has 1 N–H and O–H groups in total. The Hall–Kier alpha value is -3.75. The van der Waals surface area contributed by atoms with E-state index in [2.05, 4.69) is 20.1 Å². The predicted molar refractivity (Wildman–Crippen MR) is 106 cm³/mol. The summed E-state index contributed by atoms with van der Waals surface area (Å²) in [6, 6.07) is 10.1. The summed E-state index contributed by atoms with van der Waals surface area (Å²) in [5.74, 6) is 1.29. The number of fused-ring (bicyclic) bond motifs is 1. The standard InChI is InChI=1S/C20H19N5O4/c26-18(10-8-16-9-11-19(29-16)25(27)28)21-15-6-4-5-14(13-15)20-23-22-17-7-2-1-3-12-24(17)20/h4-6,8-11,13H,1-3,7,12H2,(H,21,26)/b10-8+. The van der Waals surface area contributed by atoms with E-state index >= 15 is 0 Å². The van der Waals surface area contributed by atoms with Crippen molar-refractivity contribution in [1.29, 1.82) is 0 Å². The predicted octanol–water partition coefficient (Wildman–Crippen LogP) is 3.82. The van der Waals surface area contributed by atoms with Crippen LogP contribution in [0.3, 0.4) is 0 Å². The molecule has 0 fully saturated rings. The van der Waals surface area contributed by atoms with Gasteiger partial charge in [0.1, 0.15) is 16.5 Å². The van der Waals surface area contributed by atoms with Crippen molar-refractivity contribution in [1.82, 2.24) is 14.8 Å². The third-order valence-electron chi connectivity index (χ3n) is 4.69. The van der Waals surface area contributed by atoms with Gasteiger partial charge in [-0.2, -0.15) is 0 Å². The van der Waals surface area contributed by atoms with E-state index in [1.54, 1.807) is 6.07 Å². The van der Waals surface area contributed by atoms with Crippen LogP contribution in [0, 0.1) is 10.1 Å². The van der Waals surface area contributed by atoms with Crippen LogP contribution in [0.4, 0.5) is 11.6 Å². The first-order chi connectivity index (χ1) is 14.1. The second-order valence-corrected chi connectivity index (χ2v) is 6.74. The first-order valence-corrected chi connectivity index (χ1v) is 9.36. The maximum Gasteiger partial charge on any atom is 0.433 e. The Morgan fingerprint density at radius 1 is 1.21 bits per heavy atom. The van der Waals surface area contributed by atoms with Gasteiger partial charge in [-0.1, -0.05) is 18.6 Å². The minimum Gasteiger partial charge on any atom is -0.401 e. The van der Waals surface area contributed by atoms with E-state index in [4.69, 9.17) is 4.42 Å². The minimum absolute atomic E-state index is 0.228. The number of nitrogens with zero attached hydrogens (tertiary/aromatic N) is 4. The summed E-state index contributed by atoms with van der Waals surface area (Å²) in [6.45, 7) is 0.895. The normalized spacial score (nSPS) is 13.8. The highest BCUT2D eigenvalue weighted by Gasteiger charge is 2.16. The molecule has 9 heteroatoms. The topological polar surface area (TPSA) is 116 Å². The van der Waals surface area contributed by atoms with Gasteiger partial charge in [0.05, 0.1) is 6.07 Å². The highest BCUT2D eigenvalue weighted by Crippen LogP contribution is 2.25. The molecule has 1 amide bonds. The van der Waals surface area contributed by atoms with E-state index in [1.165, 1.54) is 30.7 Å². The van der Waals surface area contributed by atoms with Crippen molar-refractivity contribution in [3.8, 4) is 11.4 Å². The van der Waals surface area contributed by atoms with Gasteiger partial charge in [0.25, 0.3) is 0 Å². The highest BCUT2D eigenvalue weighted by molar-refractivity contribution is 6.02. The van der Waals surface area contributed by atoms with E-state index < -0.39 is 4.92 Å². The van der Waals surface area contributed by atoms with E-state index in [1.807, 2.05) is 18.2 Å². The largest absolute Gasteiger partial charge is 0.433 e. The summed E-state index contributed by atoms with van der Waals surface area (Å²) in [5.41, 5.74) is 1.50. The minimum atomic E-state index is -0.631. The average molecular weight is 393 g/mol. The molecular formula is C20H19N5O4. The number of amides is 1. The summed E-state index contributed by atoms with van der Waals surface area (Å²) >= 11 is 0. The molecule has 3 heterocycles. The van der Waals surface area contributed by atoms with Crippen LogP contribution >= 0.6 is 0 Å². The molecule has 0 saturated carbocycles. The van der Waals surface area contributed by atoms with Crippen molar-refractivity contribution in [2.24, 2.45) is 0 Å². The number of hydrogen-bond donors (Lipinski definition) is 1. The number of nitro groups is 1. The van der Waals surface area contributed by atoms with Crippen LogP contribution in [-0.2, 0) is 17.8 Å². The number of carbonyl (C=O) groups is 1. The number of rotatable bonds is 5. The van der Waals surface area contributed by atoms with Crippen LogP contribution in [0.2, 0.25) is 0 Å². The Kier molecular flexibility index (Phi) is 5.19. The van der Waals surface area contributed by atoms with Gasteiger partial charge in [0.15, 0.2) is 5.82 Å². The van der Waals surface area contributed by atoms with Crippen LogP contribution in [0.5, 0.6) is 0 Å². The van der Waals surface area contributed by atoms with Gasteiger partial charge in [-0.05, 0) is 37.1 Å². The summed E-state index contributed by atoms with van der Waals surface area (Å²) in [5, 5.41) is 22.1. The number of aromatic nitrogens is 3. The zero-order valence-electron chi connectivity index (χ0n) is 15.6. The summed E-state index contributed by atoms with van der Waals surface area (Å²) < 4.78 is 7.14. The molecule has 148 valence electrons. The second kappa shape index (κ2) is 8.09. The molecule has 4 rings (SSSR count). The summed E-state index contributed by atoms with van der Waals surface area (Å²) in [7, 11) is 0. The van der Waals surface area contributed by atoms with Gasteiger partial charge >= 0.3 is 5.88 Å². The quantitative estimate of drug-likeness (QED) is 0.400. The van der Waals surface area contributed by atoms with Crippen LogP contribution in [0.1, 0.15) is 30.8 Å². The van der Waals surface area contributed by atoms with Crippen LogP contribution in [0.25, 0.3) is 17.5 Å². The molecule has 0 radical (unpaired) electrons. The Labute approximate surface area is 166 Å². The van der Waals surface area contributed by atoms with Gasteiger partial charge in [-0.15, -0.1) is 10.2 Å². The van der Waals surface area contributed by atoms with Crippen LogP contribution in [-0.4, -0.2) is 25.6 Å². The van der Waals surface area contributed by atoms with E-state index in [-0.39, 0.29) is 17.6 Å². The number of hydrogen-bond acceptors (Lipinski definition) is 6. The summed E-state index contributed by atoms with van der Waals surface area (Å²) in [6.07, 6.45) is 6.98. The zero-order valence-corrected chi connectivity index (χ0v) is 15.6. The molecule has 1 aromatic carbocycles. The molecule has 3 aromatic rings. The molecule has 0 saturated heterocycles. The van der Waals surface area contributed by atoms with Gasteiger partial charge in [-0.3, -0.25) is 14.9 Å². The molecular weight excluding hydrogens is 374 g/mol. The number of benzene rings is 1. The third-order valence-corrected chi connectivity index (χ3v) is 4.69. The molecule has 2 aromatic heterocycles. The second-order valence-electron chi connectivity index (χ2n) is 6.74. The molecule has 29 heavy (non-hydrogen) atoms. The van der Waals surface area contributed by atoms with Gasteiger partial charge < -0.3 is 14.3 Å². The first kappa shape index (κ1) is 18.6. The molecule has 0 unspecified atom stereocenters. The molecule has 9 nitrogen and oxygen atoms in total. The third kappa shape index (κ3) is 4.23. The maximum atomic E-state index is 12.2. The highest BCUT2D eigenvalue weighted by atomic mass is 16.6. The van der Waals surface area contributed by atoms with Crippen LogP contribution in [0.15, 0.2) is 46.9 Å². The number of aryl methyl sites for hydroxylation is 1. The Morgan fingerprint density at radius 3 is 2.93 bits per heavy atom.